The van der Waals surface area contributed by atoms with Gasteiger partial charge in [0.25, 0.3) is 0 Å². The summed E-state index contributed by atoms with van der Waals surface area (Å²) in [5.41, 5.74) is -0.555. The molecule has 1 atom stereocenters. The van der Waals surface area contributed by atoms with Gasteiger partial charge in [-0.3, -0.25) is 4.90 Å². The lowest BCUT2D eigenvalue weighted by atomic mass is 10.1. The minimum absolute atomic E-state index is 0.112. The number of carbonyl (C=O) groups excluding carboxylic acids is 1. The quantitative estimate of drug-likeness (QED) is 0.909. The van der Waals surface area contributed by atoms with Crippen molar-refractivity contribution >= 4 is 23.7 Å². The number of hydrogen-bond donors (Lipinski definition) is 1. The van der Waals surface area contributed by atoms with Crippen LogP contribution in [0.15, 0.2) is 18.2 Å². The highest BCUT2D eigenvalue weighted by Gasteiger charge is 2.33. The van der Waals surface area contributed by atoms with E-state index in [1.807, 2.05) is 0 Å². The largest absolute Gasteiger partial charge is 0.479 e. The van der Waals surface area contributed by atoms with Crippen LogP contribution in [0.4, 0.5) is 9.18 Å². The molecule has 0 spiro atoms. The van der Waals surface area contributed by atoms with E-state index >= 15 is 0 Å². The molecule has 1 unspecified atom stereocenters. The second-order valence-corrected chi connectivity index (χ2v) is 6.09. The fourth-order valence-electron chi connectivity index (χ4n) is 1.88. The maximum atomic E-state index is 13.2. The number of carboxylic acid groups (broad SMARTS) is 1. The van der Waals surface area contributed by atoms with Crippen molar-refractivity contribution in [2.45, 2.75) is 39.3 Å². The van der Waals surface area contributed by atoms with E-state index in [1.165, 1.54) is 12.1 Å². The minimum Gasteiger partial charge on any atom is -0.479 e. The van der Waals surface area contributed by atoms with E-state index in [0.29, 0.717) is 0 Å². The van der Waals surface area contributed by atoms with Gasteiger partial charge in [0, 0.05) is 6.54 Å². The smallest absolute Gasteiger partial charge is 0.411 e. The van der Waals surface area contributed by atoms with Crippen molar-refractivity contribution in [3.63, 3.8) is 0 Å². The van der Waals surface area contributed by atoms with Gasteiger partial charge in [0.1, 0.15) is 11.4 Å². The number of benzene rings is 1. The average Bonchev–Trinajstić information content (AvgIpc) is 2.36. The lowest BCUT2D eigenvalue weighted by Crippen LogP contribution is -2.42. The van der Waals surface area contributed by atoms with E-state index in [4.69, 9.17) is 16.3 Å². The summed E-state index contributed by atoms with van der Waals surface area (Å²) in [7, 11) is 0. The van der Waals surface area contributed by atoms with Gasteiger partial charge in [0.15, 0.2) is 6.04 Å². The van der Waals surface area contributed by atoms with Crippen LogP contribution in [0.3, 0.4) is 0 Å². The zero-order chi connectivity index (χ0) is 17.1. The first kappa shape index (κ1) is 18.2. The number of carboxylic acids is 1. The molecule has 0 bridgehead atoms. The molecule has 0 fully saturated rings. The van der Waals surface area contributed by atoms with Gasteiger partial charge in [-0.1, -0.05) is 17.7 Å². The maximum Gasteiger partial charge on any atom is 0.411 e. The van der Waals surface area contributed by atoms with Crippen LogP contribution in [0, 0.1) is 5.82 Å². The van der Waals surface area contributed by atoms with Gasteiger partial charge in [-0.25, -0.2) is 14.0 Å². The predicted octanol–water partition coefficient (Wildman–Crippen LogP) is 3.86. The Balaban J connectivity index is 3.18. The van der Waals surface area contributed by atoms with Crippen LogP contribution in [0.25, 0.3) is 0 Å². The van der Waals surface area contributed by atoms with E-state index in [-0.39, 0.29) is 17.1 Å². The van der Waals surface area contributed by atoms with Crippen LogP contribution in [0.2, 0.25) is 5.02 Å². The van der Waals surface area contributed by atoms with Crippen molar-refractivity contribution < 1.29 is 23.8 Å². The molecule has 0 aliphatic rings. The Bertz CT molecular complexity index is 571. The topological polar surface area (TPSA) is 66.8 Å². The van der Waals surface area contributed by atoms with Crippen molar-refractivity contribution in [2.75, 3.05) is 6.54 Å². The lowest BCUT2D eigenvalue weighted by Gasteiger charge is -2.30. The normalized spacial score (nSPS) is 12.6. The highest BCUT2D eigenvalue weighted by molar-refractivity contribution is 6.30. The third-order valence-corrected chi connectivity index (χ3v) is 3.06. The molecule has 0 heterocycles. The zero-order valence-electron chi connectivity index (χ0n) is 12.9. The molecule has 0 aromatic heterocycles. The summed E-state index contributed by atoms with van der Waals surface area (Å²) in [6, 6.07) is 2.24. The summed E-state index contributed by atoms with van der Waals surface area (Å²) in [6.45, 7) is 6.79. The number of ether oxygens (including phenoxy) is 1. The predicted molar refractivity (Wildman–Crippen MR) is 80.4 cm³/mol. The van der Waals surface area contributed by atoms with Crippen molar-refractivity contribution in [1.29, 1.82) is 0 Å². The average molecular weight is 332 g/mol. The van der Waals surface area contributed by atoms with Crippen molar-refractivity contribution in [3.05, 3.63) is 34.6 Å². The standard InChI is InChI=1S/C15H19ClFNO4/c1-5-18(14(21)22-15(2,3)4)12(13(19)20)9-6-7-11(17)10(16)8-9/h6-8,12H,5H2,1-4H3,(H,19,20). The number of carbonyl (C=O) groups is 2. The zero-order valence-corrected chi connectivity index (χ0v) is 13.6. The Morgan fingerprint density at radius 1 is 1.41 bits per heavy atom. The first-order chi connectivity index (χ1) is 10.1. The molecule has 1 aromatic rings. The molecule has 0 aliphatic carbocycles. The molecule has 0 aliphatic heterocycles. The Labute approximate surface area is 133 Å². The Morgan fingerprint density at radius 3 is 2.41 bits per heavy atom. The van der Waals surface area contributed by atoms with Gasteiger partial charge >= 0.3 is 12.1 Å². The van der Waals surface area contributed by atoms with E-state index in [2.05, 4.69) is 0 Å². The van der Waals surface area contributed by atoms with Crippen LogP contribution in [0.1, 0.15) is 39.3 Å². The summed E-state index contributed by atoms with van der Waals surface area (Å²) in [5.74, 6) is -1.91. The van der Waals surface area contributed by atoms with E-state index in [1.54, 1.807) is 27.7 Å². The number of rotatable bonds is 4. The molecular formula is C15H19ClFNO4. The molecule has 1 amide bonds. The fourth-order valence-corrected chi connectivity index (χ4v) is 2.06. The Kier molecular flexibility index (Phi) is 5.77. The molecule has 1 N–H and O–H groups in total. The van der Waals surface area contributed by atoms with Crippen LogP contribution >= 0.6 is 11.6 Å². The number of likely N-dealkylation sites (N-methyl/N-ethyl adjacent to an activating group) is 1. The number of aliphatic carboxylic acids is 1. The fraction of sp³-hybridized carbons (Fsp3) is 0.467. The first-order valence-corrected chi connectivity index (χ1v) is 7.12. The summed E-state index contributed by atoms with van der Waals surface area (Å²) in [4.78, 5) is 24.8. The van der Waals surface area contributed by atoms with Gasteiger partial charge in [-0.05, 0) is 45.4 Å². The number of nitrogens with zero attached hydrogens (tertiary/aromatic N) is 1. The van der Waals surface area contributed by atoms with Gasteiger partial charge in [-0.2, -0.15) is 0 Å². The van der Waals surface area contributed by atoms with Gasteiger partial charge < -0.3 is 9.84 Å². The third kappa shape index (κ3) is 4.59. The molecule has 122 valence electrons. The summed E-state index contributed by atoms with van der Waals surface area (Å²) in [5, 5.41) is 9.24. The van der Waals surface area contributed by atoms with E-state index < -0.39 is 29.5 Å². The molecular weight excluding hydrogens is 313 g/mol. The number of amides is 1. The van der Waals surface area contributed by atoms with E-state index in [9.17, 15) is 19.1 Å². The van der Waals surface area contributed by atoms with Gasteiger partial charge in [0.05, 0.1) is 5.02 Å². The second-order valence-electron chi connectivity index (χ2n) is 5.68. The van der Waals surface area contributed by atoms with Crippen LogP contribution in [0.5, 0.6) is 0 Å². The van der Waals surface area contributed by atoms with Gasteiger partial charge in [-0.15, -0.1) is 0 Å². The summed E-state index contributed by atoms with van der Waals surface area (Å²) < 4.78 is 18.5. The van der Waals surface area contributed by atoms with Crippen LogP contribution < -0.4 is 0 Å². The third-order valence-electron chi connectivity index (χ3n) is 2.77. The monoisotopic (exact) mass is 331 g/mol. The minimum atomic E-state index is -1.31. The highest BCUT2D eigenvalue weighted by Crippen LogP contribution is 2.27. The molecule has 1 rings (SSSR count). The molecule has 5 nitrogen and oxygen atoms in total. The van der Waals surface area contributed by atoms with Gasteiger partial charge in [0.2, 0.25) is 0 Å². The Hall–Kier alpha value is -1.82. The number of halogens is 2. The number of hydrogen-bond acceptors (Lipinski definition) is 3. The van der Waals surface area contributed by atoms with Crippen molar-refractivity contribution in [2.24, 2.45) is 0 Å². The molecule has 0 saturated carbocycles. The first-order valence-electron chi connectivity index (χ1n) is 6.74. The van der Waals surface area contributed by atoms with E-state index in [0.717, 1.165) is 11.0 Å². The Morgan fingerprint density at radius 2 is 2.00 bits per heavy atom. The molecule has 1 aromatic carbocycles. The molecule has 7 heteroatoms. The van der Waals surface area contributed by atoms with Crippen LogP contribution in [-0.2, 0) is 9.53 Å². The maximum absolute atomic E-state index is 13.2. The second kappa shape index (κ2) is 6.96. The van der Waals surface area contributed by atoms with Crippen molar-refractivity contribution in [3.8, 4) is 0 Å². The molecule has 22 heavy (non-hydrogen) atoms. The summed E-state index contributed by atoms with van der Waals surface area (Å²) >= 11 is 5.69. The molecule has 0 saturated heterocycles. The van der Waals surface area contributed by atoms with Crippen molar-refractivity contribution in [1.82, 2.24) is 4.90 Å². The highest BCUT2D eigenvalue weighted by atomic mass is 35.5. The molecule has 0 radical (unpaired) electrons. The lowest BCUT2D eigenvalue weighted by molar-refractivity contribution is -0.143. The summed E-state index contributed by atoms with van der Waals surface area (Å²) in [6.07, 6.45) is -0.761. The van der Waals surface area contributed by atoms with Crippen LogP contribution in [-0.4, -0.2) is 34.2 Å². The SMILES string of the molecule is CCN(C(=O)OC(C)(C)C)C(C(=O)O)c1ccc(F)c(Cl)c1.